The number of anilines is 2. The van der Waals surface area contributed by atoms with Crippen LogP contribution in [0.3, 0.4) is 0 Å². The number of carboxylic acid groups (broad SMARTS) is 1. The molecule has 2 aromatic heterocycles. The molecule has 3 aliphatic heterocycles. The molecular formula is C38H43F6N7O5S. The van der Waals surface area contributed by atoms with E-state index in [4.69, 9.17) is 9.47 Å². The number of carbonyl (C=O) groups excluding carboxylic acids is 1. The van der Waals surface area contributed by atoms with Gasteiger partial charge in [-0.2, -0.15) is 23.1 Å². The Morgan fingerprint density at radius 2 is 1.77 bits per heavy atom. The molecule has 3 aliphatic rings. The third kappa shape index (κ3) is 7.36. The van der Waals surface area contributed by atoms with Gasteiger partial charge in [0.1, 0.15) is 35.5 Å². The number of likely N-dealkylation sites (tertiary alicyclic amines) is 1. The maximum atomic E-state index is 17.3. The van der Waals surface area contributed by atoms with Crippen molar-refractivity contribution < 1.29 is 50.5 Å². The standard InChI is InChI=1S/C38H43F6N7O5S/c1-35(2,3)37-11-10-19(51(37)34(53)54)15-50(17-37)30-22-13-23(38(42,43)44)25(26(41)27(22)45-31(47-30)55-16-20-12-18(39)14-49(20)7)21-8-9-24(40)29-28(21)46-32(57-29)48-33(52)56-36(4,5)6/h8-9,13,18-20H,10-12,14-17H2,1-7H3,(H,53,54)(H,46,48,52)/t18-,19?,20+,37?/m1/s1. The smallest absolute Gasteiger partial charge is 0.417 e. The molecule has 2 unspecified atom stereocenters. The van der Waals surface area contributed by atoms with Crippen LogP contribution >= 0.6 is 11.3 Å². The summed E-state index contributed by atoms with van der Waals surface area (Å²) in [6, 6.07) is 1.28. The maximum absolute atomic E-state index is 17.3. The summed E-state index contributed by atoms with van der Waals surface area (Å²) in [5.41, 5.74) is -6.23. The van der Waals surface area contributed by atoms with Gasteiger partial charge in [0.25, 0.3) is 0 Å². The fraction of sp³-hybridized carbons (Fsp3) is 0.553. The van der Waals surface area contributed by atoms with Crippen LogP contribution in [0.2, 0.25) is 0 Å². The number of ether oxygens (including phenoxy) is 2. The lowest BCUT2D eigenvalue weighted by atomic mass is 9.71. The lowest BCUT2D eigenvalue weighted by molar-refractivity contribution is -0.137. The fourth-order valence-corrected chi connectivity index (χ4v) is 9.31. The maximum Gasteiger partial charge on any atom is 0.417 e. The Morgan fingerprint density at radius 3 is 2.39 bits per heavy atom. The molecule has 3 fully saturated rings. The number of piperazine rings is 1. The molecule has 7 rings (SSSR count). The van der Waals surface area contributed by atoms with Gasteiger partial charge >= 0.3 is 24.4 Å². The van der Waals surface area contributed by atoms with E-state index < -0.39 is 87.0 Å². The number of hydrogen-bond donors (Lipinski definition) is 2. The molecule has 4 aromatic rings. The number of nitrogens with one attached hydrogen (secondary N) is 1. The molecule has 2 N–H and O–H groups in total. The van der Waals surface area contributed by atoms with Gasteiger partial charge in [0.05, 0.1) is 27.4 Å². The first-order valence-corrected chi connectivity index (χ1v) is 19.2. The lowest BCUT2D eigenvalue weighted by Crippen LogP contribution is -2.68. The highest BCUT2D eigenvalue weighted by atomic mass is 32.1. The summed E-state index contributed by atoms with van der Waals surface area (Å²) in [7, 11) is 1.71. The van der Waals surface area contributed by atoms with E-state index >= 15 is 22.0 Å². The average molecular weight is 824 g/mol. The minimum absolute atomic E-state index is 0.0231. The van der Waals surface area contributed by atoms with E-state index in [1.807, 2.05) is 20.8 Å². The predicted molar refractivity (Wildman–Crippen MR) is 202 cm³/mol. The number of likely N-dealkylation sites (N-methyl/N-ethyl adjacent to an activating group) is 1. The third-order valence-electron chi connectivity index (χ3n) is 11.1. The summed E-state index contributed by atoms with van der Waals surface area (Å²) in [5.74, 6) is -2.38. The van der Waals surface area contributed by atoms with Crippen LogP contribution in [0.4, 0.5) is 46.9 Å². The second kappa shape index (κ2) is 14.0. The molecular weight excluding hydrogens is 781 g/mol. The van der Waals surface area contributed by atoms with Gasteiger partial charge in [-0.1, -0.05) is 32.1 Å². The molecule has 2 aromatic carbocycles. The van der Waals surface area contributed by atoms with Gasteiger partial charge in [0.2, 0.25) is 0 Å². The molecule has 4 atom stereocenters. The summed E-state index contributed by atoms with van der Waals surface area (Å²) >= 11 is 0.632. The zero-order valence-corrected chi connectivity index (χ0v) is 33.2. The number of benzene rings is 2. The highest BCUT2D eigenvalue weighted by Crippen LogP contribution is 2.52. The highest BCUT2D eigenvalue weighted by molar-refractivity contribution is 7.22. The van der Waals surface area contributed by atoms with Crippen molar-refractivity contribution >= 4 is 55.6 Å². The number of carbonyl (C=O) groups is 2. The van der Waals surface area contributed by atoms with Crippen LogP contribution in [0.5, 0.6) is 6.01 Å². The summed E-state index contributed by atoms with van der Waals surface area (Å²) in [4.78, 5) is 43.1. The Morgan fingerprint density at radius 1 is 1.05 bits per heavy atom. The van der Waals surface area contributed by atoms with Gasteiger partial charge in [0.15, 0.2) is 10.9 Å². The molecule has 0 radical (unpaired) electrons. The SMILES string of the molecule is CN1C[C@H](F)C[C@H]1COc1nc(N2CC3CCC(C(C)(C)C)(C2)N3C(=O)O)c2cc(C(F)(F)F)c(-c3ccc(F)c4sc(NC(=O)OC(C)(C)C)nc34)c(F)c2n1. The predicted octanol–water partition coefficient (Wildman–Crippen LogP) is 8.72. The Kier molecular flexibility index (Phi) is 9.97. The van der Waals surface area contributed by atoms with Crippen molar-refractivity contribution in [2.45, 2.75) is 96.4 Å². The third-order valence-corrected chi connectivity index (χ3v) is 12.1. The van der Waals surface area contributed by atoms with Crippen molar-refractivity contribution in [2.24, 2.45) is 5.41 Å². The summed E-state index contributed by atoms with van der Waals surface area (Å²) < 4.78 is 104. The number of nitrogens with zero attached hydrogens (tertiary/aromatic N) is 6. The minimum atomic E-state index is -5.17. The summed E-state index contributed by atoms with van der Waals surface area (Å²) in [6.07, 6.45) is -7.24. The van der Waals surface area contributed by atoms with Crippen LogP contribution in [0, 0.1) is 17.0 Å². The second-order valence-electron chi connectivity index (χ2n) is 17.0. The molecule has 308 valence electrons. The van der Waals surface area contributed by atoms with E-state index in [0.717, 1.165) is 18.2 Å². The number of hydrogen-bond acceptors (Lipinski definition) is 10. The van der Waals surface area contributed by atoms with Crippen molar-refractivity contribution in [1.29, 1.82) is 0 Å². The molecule has 3 saturated heterocycles. The Hall–Kier alpha value is -4.65. The fourth-order valence-electron chi connectivity index (χ4n) is 8.42. The minimum Gasteiger partial charge on any atom is -0.465 e. The van der Waals surface area contributed by atoms with Gasteiger partial charge in [-0.05, 0) is 70.7 Å². The molecule has 0 spiro atoms. The second-order valence-corrected chi connectivity index (χ2v) is 18.0. The Balaban J connectivity index is 1.42. The Labute approximate surface area is 328 Å². The first-order chi connectivity index (χ1) is 26.5. The molecule has 5 heterocycles. The van der Waals surface area contributed by atoms with Crippen molar-refractivity contribution in [2.75, 3.05) is 43.5 Å². The van der Waals surface area contributed by atoms with Crippen molar-refractivity contribution in [3.63, 3.8) is 0 Å². The zero-order valence-electron chi connectivity index (χ0n) is 32.4. The normalized spacial score (nSPS) is 23.1. The van der Waals surface area contributed by atoms with E-state index in [2.05, 4.69) is 20.3 Å². The van der Waals surface area contributed by atoms with Crippen molar-refractivity contribution in [3.8, 4) is 17.1 Å². The zero-order chi connectivity index (χ0) is 41.6. The molecule has 0 saturated carbocycles. The number of rotatable bonds is 6. The van der Waals surface area contributed by atoms with E-state index in [0.29, 0.717) is 24.2 Å². The van der Waals surface area contributed by atoms with Crippen LogP contribution in [0.1, 0.15) is 66.4 Å². The molecule has 12 nitrogen and oxygen atoms in total. The van der Waals surface area contributed by atoms with Gasteiger partial charge in [-0.25, -0.2) is 27.7 Å². The number of halogens is 6. The average Bonchev–Trinajstić information content (AvgIpc) is 3.73. The van der Waals surface area contributed by atoms with Crippen molar-refractivity contribution in [1.82, 2.24) is 24.8 Å². The van der Waals surface area contributed by atoms with E-state index in [1.165, 1.54) is 4.90 Å². The summed E-state index contributed by atoms with van der Waals surface area (Å²) in [5, 5.41) is 12.2. The van der Waals surface area contributed by atoms with Crippen molar-refractivity contribution in [3.05, 3.63) is 35.4 Å². The van der Waals surface area contributed by atoms with Crippen LogP contribution < -0.4 is 15.0 Å². The molecule has 2 amide bonds. The monoisotopic (exact) mass is 823 g/mol. The van der Waals surface area contributed by atoms with Gasteiger partial charge < -0.3 is 19.5 Å². The quantitative estimate of drug-likeness (QED) is 0.182. The van der Waals surface area contributed by atoms with E-state index in [1.54, 1.807) is 37.6 Å². The topological polar surface area (TPSA) is 133 Å². The largest absolute Gasteiger partial charge is 0.465 e. The van der Waals surface area contributed by atoms with Crippen LogP contribution in [-0.4, -0.2) is 105 Å². The molecule has 0 aliphatic carbocycles. The lowest BCUT2D eigenvalue weighted by Gasteiger charge is -2.54. The first kappa shape index (κ1) is 40.5. The van der Waals surface area contributed by atoms with Gasteiger partial charge in [-0.15, -0.1) is 0 Å². The Bertz CT molecular complexity index is 2260. The number of amides is 2. The first-order valence-electron chi connectivity index (χ1n) is 18.4. The van der Waals surface area contributed by atoms with Crippen LogP contribution in [0.25, 0.3) is 32.2 Å². The highest BCUT2D eigenvalue weighted by Gasteiger charge is 2.59. The number of fused-ring (bicyclic) bond motifs is 4. The van der Waals surface area contributed by atoms with Gasteiger partial charge in [0, 0.05) is 42.2 Å². The van der Waals surface area contributed by atoms with E-state index in [-0.39, 0.29) is 65.2 Å². The molecule has 19 heteroatoms. The van der Waals surface area contributed by atoms with Crippen LogP contribution in [-0.2, 0) is 10.9 Å². The number of aromatic nitrogens is 3. The summed E-state index contributed by atoms with van der Waals surface area (Å²) in [6.45, 7) is 10.6. The number of thiazole rings is 1. The van der Waals surface area contributed by atoms with Gasteiger partial charge in [-0.3, -0.25) is 15.1 Å². The van der Waals surface area contributed by atoms with Crippen LogP contribution in [0.15, 0.2) is 18.2 Å². The molecule has 2 bridgehead atoms. The van der Waals surface area contributed by atoms with E-state index in [9.17, 15) is 19.1 Å². The number of alkyl halides is 4. The molecule has 57 heavy (non-hydrogen) atoms.